The number of likely N-dealkylation sites (tertiary alicyclic amines) is 1. The van der Waals surface area contributed by atoms with Gasteiger partial charge in [0.1, 0.15) is 12.4 Å². The van der Waals surface area contributed by atoms with E-state index in [9.17, 15) is 4.79 Å². The van der Waals surface area contributed by atoms with Gasteiger partial charge in [-0.3, -0.25) is 0 Å². The third-order valence-corrected chi connectivity index (χ3v) is 3.75. The fraction of sp³-hybridized carbons (Fsp3) is 0.533. The molecule has 110 valence electrons. The molecule has 4 nitrogen and oxygen atoms in total. The summed E-state index contributed by atoms with van der Waals surface area (Å²) in [5.74, 6) is 1.45. The number of hydrogen-bond donors (Lipinski definition) is 1. The van der Waals surface area contributed by atoms with Crippen LogP contribution in [0.5, 0.6) is 5.75 Å². The number of carbonyl (C=O) groups excluding carboxylic acids is 1. The molecule has 0 atom stereocenters. The largest absolute Gasteiger partial charge is 0.492 e. The Balaban J connectivity index is 1.64. The number of amides is 2. The van der Waals surface area contributed by atoms with Crippen molar-refractivity contribution in [1.82, 2.24) is 10.2 Å². The lowest BCUT2D eigenvalue weighted by Crippen LogP contribution is -2.45. The van der Waals surface area contributed by atoms with Crippen LogP contribution in [-0.2, 0) is 0 Å². The Kier molecular flexibility index (Phi) is 5.53. The first kappa shape index (κ1) is 15.0. The number of hydrogen-bond acceptors (Lipinski definition) is 2. The number of nitrogens with zero attached hydrogens (tertiary/aromatic N) is 1. The Morgan fingerprint density at radius 1 is 1.45 bits per heavy atom. The molecule has 0 spiro atoms. The number of urea groups is 1. The van der Waals surface area contributed by atoms with Crippen LogP contribution < -0.4 is 10.1 Å². The van der Waals surface area contributed by atoms with Gasteiger partial charge >= 0.3 is 6.03 Å². The topological polar surface area (TPSA) is 41.6 Å². The van der Waals surface area contributed by atoms with E-state index in [1.54, 1.807) is 12.1 Å². The van der Waals surface area contributed by atoms with E-state index in [2.05, 4.69) is 12.2 Å². The molecule has 20 heavy (non-hydrogen) atoms. The summed E-state index contributed by atoms with van der Waals surface area (Å²) in [6.07, 6.45) is 2.18. The molecule has 1 aliphatic heterocycles. The van der Waals surface area contributed by atoms with Crippen molar-refractivity contribution in [3.05, 3.63) is 29.3 Å². The number of carbonyl (C=O) groups is 1. The average molecular weight is 297 g/mol. The molecule has 1 fully saturated rings. The second-order valence-electron chi connectivity index (χ2n) is 5.21. The van der Waals surface area contributed by atoms with E-state index in [-0.39, 0.29) is 6.03 Å². The van der Waals surface area contributed by atoms with Crippen LogP contribution in [0.3, 0.4) is 0 Å². The smallest absolute Gasteiger partial charge is 0.317 e. The minimum absolute atomic E-state index is 0.00611. The lowest BCUT2D eigenvalue weighted by molar-refractivity contribution is 0.172. The molecule has 0 aliphatic carbocycles. The first-order valence-electron chi connectivity index (χ1n) is 7.06. The summed E-state index contributed by atoms with van der Waals surface area (Å²) in [5, 5.41) is 3.53. The summed E-state index contributed by atoms with van der Waals surface area (Å²) in [6, 6.07) is 7.25. The number of rotatable bonds is 4. The zero-order valence-electron chi connectivity index (χ0n) is 11.8. The Bertz CT molecular complexity index is 445. The average Bonchev–Trinajstić information content (AvgIpc) is 2.44. The Morgan fingerprint density at radius 3 is 2.90 bits per heavy atom. The summed E-state index contributed by atoms with van der Waals surface area (Å²) >= 11 is 5.86. The van der Waals surface area contributed by atoms with Crippen molar-refractivity contribution >= 4 is 17.6 Å². The molecule has 1 aromatic carbocycles. The molecule has 1 heterocycles. The van der Waals surface area contributed by atoms with E-state index >= 15 is 0 Å². The SMILES string of the molecule is CC1CCN(C(=O)NCCOc2cccc(Cl)c2)CC1. The molecule has 1 saturated heterocycles. The van der Waals surface area contributed by atoms with Crippen LogP contribution in [0.25, 0.3) is 0 Å². The Labute approximate surface area is 125 Å². The molecular formula is C15H21ClN2O2. The minimum Gasteiger partial charge on any atom is -0.492 e. The quantitative estimate of drug-likeness (QED) is 0.867. The normalized spacial score (nSPS) is 16.0. The van der Waals surface area contributed by atoms with Crippen LogP contribution in [0.4, 0.5) is 4.79 Å². The van der Waals surface area contributed by atoms with Gasteiger partial charge in [-0.15, -0.1) is 0 Å². The molecule has 0 aromatic heterocycles. The maximum Gasteiger partial charge on any atom is 0.317 e. The second-order valence-corrected chi connectivity index (χ2v) is 5.64. The Hall–Kier alpha value is -1.42. The molecule has 0 unspecified atom stereocenters. The molecule has 1 aromatic rings. The summed E-state index contributed by atoms with van der Waals surface area (Å²) < 4.78 is 5.52. The summed E-state index contributed by atoms with van der Waals surface area (Å²) in [5.41, 5.74) is 0. The molecule has 0 bridgehead atoms. The van der Waals surface area contributed by atoms with Crippen molar-refractivity contribution in [1.29, 1.82) is 0 Å². The number of benzene rings is 1. The van der Waals surface area contributed by atoms with Crippen LogP contribution in [0, 0.1) is 5.92 Å². The minimum atomic E-state index is 0.00611. The van der Waals surface area contributed by atoms with Gasteiger partial charge in [0.25, 0.3) is 0 Å². The van der Waals surface area contributed by atoms with E-state index in [4.69, 9.17) is 16.3 Å². The fourth-order valence-corrected chi connectivity index (χ4v) is 2.39. The fourth-order valence-electron chi connectivity index (χ4n) is 2.21. The van der Waals surface area contributed by atoms with Crippen molar-refractivity contribution in [3.8, 4) is 5.75 Å². The van der Waals surface area contributed by atoms with Gasteiger partial charge in [0.15, 0.2) is 0 Å². The van der Waals surface area contributed by atoms with E-state index in [1.807, 2.05) is 17.0 Å². The Morgan fingerprint density at radius 2 is 2.20 bits per heavy atom. The van der Waals surface area contributed by atoms with Gasteiger partial charge in [-0.05, 0) is 37.0 Å². The highest BCUT2D eigenvalue weighted by atomic mass is 35.5. The highest BCUT2D eigenvalue weighted by molar-refractivity contribution is 6.30. The van der Waals surface area contributed by atoms with Crippen LogP contribution >= 0.6 is 11.6 Å². The van der Waals surface area contributed by atoms with Crippen molar-refractivity contribution in [3.63, 3.8) is 0 Å². The van der Waals surface area contributed by atoms with Crippen molar-refractivity contribution in [2.45, 2.75) is 19.8 Å². The van der Waals surface area contributed by atoms with Crippen LogP contribution in [0.2, 0.25) is 5.02 Å². The molecule has 2 amide bonds. The van der Waals surface area contributed by atoms with Gasteiger partial charge in [-0.25, -0.2) is 4.79 Å². The maximum atomic E-state index is 11.9. The zero-order chi connectivity index (χ0) is 14.4. The second kappa shape index (κ2) is 7.39. The summed E-state index contributed by atoms with van der Waals surface area (Å²) in [7, 11) is 0. The van der Waals surface area contributed by atoms with Gasteiger partial charge in [0.2, 0.25) is 0 Å². The summed E-state index contributed by atoms with van der Waals surface area (Å²) in [6.45, 7) is 4.87. The highest BCUT2D eigenvalue weighted by Crippen LogP contribution is 2.17. The first-order valence-corrected chi connectivity index (χ1v) is 7.44. The molecule has 0 saturated carbocycles. The molecule has 1 aliphatic rings. The van der Waals surface area contributed by atoms with E-state index in [1.165, 1.54) is 0 Å². The van der Waals surface area contributed by atoms with Gasteiger partial charge in [-0.1, -0.05) is 24.6 Å². The molecular weight excluding hydrogens is 276 g/mol. The maximum absolute atomic E-state index is 11.9. The van der Waals surface area contributed by atoms with Crippen LogP contribution in [-0.4, -0.2) is 37.2 Å². The van der Waals surface area contributed by atoms with Crippen LogP contribution in [0.15, 0.2) is 24.3 Å². The van der Waals surface area contributed by atoms with E-state index in [0.29, 0.717) is 18.2 Å². The standard InChI is InChI=1S/C15H21ClN2O2/c1-12-5-8-18(9-6-12)15(19)17-7-10-20-14-4-2-3-13(16)11-14/h2-4,11-12H,5-10H2,1H3,(H,17,19). The lowest BCUT2D eigenvalue weighted by atomic mass is 10.00. The number of ether oxygens (including phenoxy) is 1. The lowest BCUT2D eigenvalue weighted by Gasteiger charge is -2.30. The molecule has 2 rings (SSSR count). The predicted molar refractivity (Wildman–Crippen MR) is 80.3 cm³/mol. The van der Waals surface area contributed by atoms with E-state index in [0.717, 1.165) is 37.6 Å². The third kappa shape index (κ3) is 4.60. The number of halogens is 1. The van der Waals surface area contributed by atoms with Gasteiger partial charge in [0, 0.05) is 18.1 Å². The third-order valence-electron chi connectivity index (χ3n) is 3.51. The van der Waals surface area contributed by atoms with Crippen molar-refractivity contribution in [2.75, 3.05) is 26.2 Å². The van der Waals surface area contributed by atoms with Crippen molar-refractivity contribution in [2.24, 2.45) is 5.92 Å². The number of nitrogens with one attached hydrogen (secondary N) is 1. The summed E-state index contributed by atoms with van der Waals surface area (Å²) in [4.78, 5) is 13.8. The van der Waals surface area contributed by atoms with Crippen molar-refractivity contribution < 1.29 is 9.53 Å². The molecule has 1 N–H and O–H groups in total. The van der Waals surface area contributed by atoms with E-state index < -0.39 is 0 Å². The predicted octanol–water partition coefficient (Wildman–Crippen LogP) is 3.16. The van der Waals surface area contributed by atoms with Gasteiger partial charge in [-0.2, -0.15) is 0 Å². The highest BCUT2D eigenvalue weighted by Gasteiger charge is 2.19. The first-order chi connectivity index (χ1) is 9.65. The van der Waals surface area contributed by atoms with Gasteiger partial charge < -0.3 is 15.0 Å². The molecule has 0 radical (unpaired) electrons. The molecule has 5 heteroatoms. The monoisotopic (exact) mass is 296 g/mol. The van der Waals surface area contributed by atoms with Gasteiger partial charge in [0.05, 0.1) is 6.54 Å². The number of piperidine rings is 1. The van der Waals surface area contributed by atoms with Crippen LogP contribution in [0.1, 0.15) is 19.8 Å². The zero-order valence-corrected chi connectivity index (χ0v) is 12.5.